The third-order valence-electron chi connectivity index (χ3n) is 4.85. The van der Waals surface area contributed by atoms with Crippen LogP contribution in [0.5, 0.6) is 0 Å². The van der Waals surface area contributed by atoms with Crippen molar-refractivity contribution in [2.24, 2.45) is 11.8 Å². The largest absolute Gasteiger partial charge is 0.369 e. The molecule has 4 nitrogen and oxygen atoms in total. The smallest absolute Gasteiger partial charge is 0.202 e. The number of anilines is 1. The SMILES string of the molecule is CCC1CCC(Cn2c(N)nc3c(C)ccnc32)CC1. The molecule has 0 unspecified atom stereocenters. The Labute approximate surface area is 120 Å². The number of hydrogen-bond donors (Lipinski definition) is 1. The van der Waals surface area contributed by atoms with Crippen LogP contribution in [-0.4, -0.2) is 14.5 Å². The van der Waals surface area contributed by atoms with Gasteiger partial charge in [0.15, 0.2) is 5.65 Å². The fourth-order valence-corrected chi connectivity index (χ4v) is 3.42. The zero-order valence-corrected chi connectivity index (χ0v) is 12.5. The number of imidazole rings is 1. The van der Waals surface area contributed by atoms with E-state index in [1.165, 1.54) is 32.1 Å². The first-order chi connectivity index (χ1) is 9.69. The predicted octanol–water partition coefficient (Wildman–Crippen LogP) is 3.54. The van der Waals surface area contributed by atoms with E-state index < -0.39 is 0 Å². The highest BCUT2D eigenvalue weighted by atomic mass is 15.2. The number of pyridine rings is 1. The third-order valence-corrected chi connectivity index (χ3v) is 4.85. The number of nitrogens with zero attached hydrogens (tertiary/aromatic N) is 3. The van der Waals surface area contributed by atoms with Crippen LogP contribution in [0.25, 0.3) is 11.2 Å². The summed E-state index contributed by atoms with van der Waals surface area (Å²) >= 11 is 0. The van der Waals surface area contributed by atoms with Crippen molar-refractivity contribution < 1.29 is 0 Å². The zero-order valence-electron chi connectivity index (χ0n) is 12.5. The summed E-state index contributed by atoms with van der Waals surface area (Å²) in [6.07, 6.45) is 8.51. The van der Waals surface area contributed by atoms with E-state index in [9.17, 15) is 0 Å². The molecule has 20 heavy (non-hydrogen) atoms. The average molecular weight is 272 g/mol. The summed E-state index contributed by atoms with van der Waals surface area (Å²) in [5.74, 6) is 2.27. The average Bonchev–Trinajstić information content (AvgIpc) is 2.78. The molecule has 0 atom stereocenters. The number of aromatic nitrogens is 3. The van der Waals surface area contributed by atoms with Crippen molar-refractivity contribution in [2.75, 3.05) is 5.73 Å². The molecule has 0 aromatic carbocycles. The van der Waals surface area contributed by atoms with E-state index in [2.05, 4.69) is 28.4 Å². The number of aryl methyl sites for hydroxylation is 1. The number of nitrogen functional groups attached to an aromatic ring is 1. The van der Waals surface area contributed by atoms with Gasteiger partial charge in [0, 0.05) is 12.7 Å². The van der Waals surface area contributed by atoms with Gasteiger partial charge < -0.3 is 5.73 Å². The van der Waals surface area contributed by atoms with Crippen molar-refractivity contribution in [1.29, 1.82) is 0 Å². The van der Waals surface area contributed by atoms with Crippen molar-refractivity contribution in [1.82, 2.24) is 14.5 Å². The van der Waals surface area contributed by atoms with Gasteiger partial charge in [0.25, 0.3) is 0 Å². The molecule has 0 radical (unpaired) electrons. The Bertz CT molecular complexity index is 594. The van der Waals surface area contributed by atoms with Gasteiger partial charge in [-0.15, -0.1) is 0 Å². The normalized spacial score (nSPS) is 23.3. The summed E-state index contributed by atoms with van der Waals surface area (Å²) in [6.45, 7) is 5.33. The van der Waals surface area contributed by atoms with Crippen molar-refractivity contribution >= 4 is 17.1 Å². The lowest BCUT2D eigenvalue weighted by molar-refractivity contribution is 0.250. The molecule has 1 aliphatic rings. The quantitative estimate of drug-likeness (QED) is 0.929. The number of rotatable bonds is 3. The Morgan fingerprint density at radius 1 is 1.25 bits per heavy atom. The highest BCUT2D eigenvalue weighted by Crippen LogP contribution is 2.32. The molecule has 0 saturated heterocycles. The van der Waals surface area contributed by atoms with Crippen LogP contribution in [-0.2, 0) is 6.54 Å². The molecule has 2 aromatic rings. The Morgan fingerprint density at radius 3 is 2.65 bits per heavy atom. The number of nitrogens with two attached hydrogens (primary N) is 1. The van der Waals surface area contributed by atoms with Crippen LogP contribution in [0, 0.1) is 18.8 Å². The molecule has 0 aliphatic heterocycles. The van der Waals surface area contributed by atoms with Crippen LogP contribution in [0.2, 0.25) is 0 Å². The molecule has 108 valence electrons. The van der Waals surface area contributed by atoms with Gasteiger partial charge in [-0.1, -0.05) is 26.2 Å². The first-order valence-electron chi connectivity index (χ1n) is 7.76. The van der Waals surface area contributed by atoms with Gasteiger partial charge in [-0.05, 0) is 43.2 Å². The van der Waals surface area contributed by atoms with E-state index in [4.69, 9.17) is 5.73 Å². The third kappa shape index (κ3) is 2.39. The maximum Gasteiger partial charge on any atom is 0.202 e. The van der Waals surface area contributed by atoms with Gasteiger partial charge in [-0.25, -0.2) is 9.97 Å². The van der Waals surface area contributed by atoms with Crippen LogP contribution in [0.15, 0.2) is 12.3 Å². The molecular formula is C16H24N4. The van der Waals surface area contributed by atoms with E-state index in [1.807, 2.05) is 12.3 Å². The topological polar surface area (TPSA) is 56.7 Å². The van der Waals surface area contributed by atoms with Crippen molar-refractivity contribution in [3.63, 3.8) is 0 Å². The molecular weight excluding hydrogens is 248 g/mol. The fraction of sp³-hybridized carbons (Fsp3) is 0.625. The summed E-state index contributed by atoms with van der Waals surface area (Å²) in [7, 11) is 0. The molecule has 1 aliphatic carbocycles. The molecule has 0 spiro atoms. The standard InChI is InChI=1S/C16H24N4/c1-3-12-4-6-13(7-5-12)10-20-15-14(19-16(20)17)11(2)8-9-18-15/h8-9,12-13H,3-7,10H2,1-2H3,(H2,17,19). The highest BCUT2D eigenvalue weighted by Gasteiger charge is 2.22. The Kier molecular flexibility index (Phi) is 3.64. The monoisotopic (exact) mass is 272 g/mol. The van der Waals surface area contributed by atoms with Gasteiger partial charge in [0.2, 0.25) is 5.95 Å². The van der Waals surface area contributed by atoms with Crippen LogP contribution in [0.1, 0.15) is 44.6 Å². The molecule has 2 N–H and O–H groups in total. The highest BCUT2D eigenvalue weighted by molar-refractivity contribution is 5.77. The van der Waals surface area contributed by atoms with E-state index in [1.54, 1.807) is 0 Å². The molecule has 1 fully saturated rings. The van der Waals surface area contributed by atoms with Crippen LogP contribution in [0.3, 0.4) is 0 Å². The van der Waals surface area contributed by atoms with E-state index >= 15 is 0 Å². The zero-order chi connectivity index (χ0) is 14.1. The summed E-state index contributed by atoms with van der Waals surface area (Å²) in [5.41, 5.74) is 9.15. The molecule has 3 rings (SSSR count). The molecule has 0 amide bonds. The molecule has 4 heteroatoms. The summed E-state index contributed by atoms with van der Waals surface area (Å²) in [5, 5.41) is 0. The van der Waals surface area contributed by atoms with Gasteiger partial charge >= 0.3 is 0 Å². The van der Waals surface area contributed by atoms with Crippen molar-refractivity contribution in [3.05, 3.63) is 17.8 Å². The number of fused-ring (bicyclic) bond motifs is 1. The van der Waals surface area contributed by atoms with Crippen LogP contribution >= 0.6 is 0 Å². The Balaban J connectivity index is 1.81. The molecule has 2 aromatic heterocycles. The summed E-state index contributed by atoms with van der Waals surface area (Å²) in [6, 6.07) is 1.99. The van der Waals surface area contributed by atoms with Gasteiger partial charge in [0.1, 0.15) is 5.52 Å². The molecule has 2 heterocycles. The minimum absolute atomic E-state index is 0.611. The Hall–Kier alpha value is -1.58. The summed E-state index contributed by atoms with van der Waals surface area (Å²) in [4.78, 5) is 8.97. The minimum atomic E-state index is 0.611. The maximum absolute atomic E-state index is 6.10. The van der Waals surface area contributed by atoms with Gasteiger partial charge in [-0.3, -0.25) is 4.57 Å². The Morgan fingerprint density at radius 2 is 1.95 bits per heavy atom. The lowest BCUT2D eigenvalue weighted by atomic mass is 9.81. The van der Waals surface area contributed by atoms with Crippen LogP contribution in [0.4, 0.5) is 5.95 Å². The summed E-state index contributed by atoms with van der Waals surface area (Å²) < 4.78 is 2.11. The van der Waals surface area contributed by atoms with Crippen molar-refractivity contribution in [2.45, 2.75) is 52.5 Å². The van der Waals surface area contributed by atoms with Gasteiger partial charge in [0.05, 0.1) is 0 Å². The lowest BCUT2D eigenvalue weighted by Crippen LogP contribution is -2.19. The predicted molar refractivity (Wildman–Crippen MR) is 82.4 cm³/mol. The molecule has 1 saturated carbocycles. The van der Waals surface area contributed by atoms with Crippen LogP contribution < -0.4 is 5.73 Å². The second-order valence-corrected chi connectivity index (χ2v) is 6.18. The molecule has 0 bridgehead atoms. The van der Waals surface area contributed by atoms with E-state index in [0.717, 1.165) is 35.1 Å². The maximum atomic E-state index is 6.10. The van der Waals surface area contributed by atoms with Crippen molar-refractivity contribution in [3.8, 4) is 0 Å². The van der Waals surface area contributed by atoms with E-state index in [0.29, 0.717) is 5.95 Å². The first kappa shape index (κ1) is 13.4. The minimum Gasteiger partial charge on any atom is -0.369 e. The second-order valence-electron chi connectivity index (χ2n) is 6.18. The second kappa shape index (κ2) is 5.43. The number of hydrogen-bond acceptors (Lipinski definition) is 3. The lowest BCUT2D eigenvalue weighted by Gasteiger charge is -2.28. The fourth-order valence-electron chi connectivity index (χ4n) is 3.42. The van der Waals surface area contributed by atoms with Gasteiger partial charge in [-0.2, -0.15) is 0 Å². The van der Waals surface area contributed by atoms with E-state index in [-0.39, 0.29) is 0 Å². The first-order valence-corrected chi connectivity index (χ1v) is 7.76.